The summed E-state index contributed by atoms with van der Waals surface area (Å²) in [6.07, 6.45) is 0.789. The molecular formula is C3H9O3PZn. The second kappa shape index (κ2) is 7.77. The summed E-state index contributed by atoms with van der Waals surface area (Å²) in [5.41, 5.74) is 0. The molecule has 46 valence electrons. The van der Waals surface area contributed by atoms with Crippen LogP contribution < -0.4 is 0 Å². The van der Waals surface area contributed by atoms with Gasteiger partial charge in [0.1, 0.15) is 0 Å². The zero-order valence-corrected chi connectivity index (χ0v) is 8.85. The Morgan fingerprint density at radius 3 is 2.38 bits per heavy atom. The number of hydrogen-bond acceptors (Lipinski definition) is 2. The van der Waals surface area contributed by atoms with Gasteiger partial charge < -0.3 is 9.42 Å². The monoisotopic (exact) mass is 188 g/mol. The zero-order chi connectivity index (χ0) is 5.70. The molecule has 0 rings (SSSR count). The van der Waals surface area contributed by atoms with Crippen molar-refractivity contribution in [3.63, 3.8) is 0 Å². The van der Waals surface area contributed by atoms with Crippen LogP contribution in [0.2, 0.25) is 0 Å². The molecule has 0 heterocycles. The SMILES string of the molecule is CCCO[PH](=O)O.[Zn]. The maximum atomic E-state index is 9.72. The predicted molar refractivity (Wildman–Crippen MR) is 27.5 cm³/mol. The van der Waals surface area contributed by atoms with Crippen LogP contribution in [0.3, 0.4) is 0 Å². The molecule has 0 aromatic heterocycles. The summed E-state index contributed by atoms with van der Waals surface area (Å²) in [5, 5.41) is 0. The molecular weight excluding hydrogens is 180 g/mol. The first-order valence-corrected chi connectivity index (χ1v) is 3.39. The molecule has 3 nitrogen and oxygen atoms in total. The van der Waals surface area contributed by atoms with Crippen molar-refractivity contribution < 1.29 is 33.5 Å². The van der Waals surface area contributed by atoms with E-state index in [2.05, 4.69) is 4.52 Å². The van der Waals surface area contributed by atoms with Gasteiger partial charge in [-0.05, 0) is 6.42 Å². The minimum absolute atomic E-state index is 0. The molecule has 0 saturated heterocycles. The standard InChI is InChI=1S/C3H9O3P.Zn/c1-2-3-6-7(4)5;/h7H,2-3H2,1H3,(H,4,5);. The van der Waals surface area contributed by atoms with Gasteiger partial charge in [0.2, 0.25) is 0 Å². The molecule has 0 fully saturated rings. The summed E-state index contributed by atoms with van der Waals surface area (Å²) < 4.78 is 14.0. The second-order valence-corrected chi connectivity index (χ2v) is 1.93. The Bertz CT molecular complexity index is 67.5. The van der Waals surface area contributed by atoms with Crippen LogP contribution in [0.1, 0.15) is 13.3 Å². The summed E-state index contributed by atoms with van der Waals surface area (Å²) in [6, 6.07) is 0. The van der Waals surface area contributed by atoms with Crippen molar-refractivity contribution in [1.82, 2.24) is 0 Å². The third-order valence-electron chi connectivity index (χ3n) is 0.430. The minimum Gasteiger partial charge on any atom is -0.326 e. The van der Waals surface area contributed by atoms with Gasteiger partial charge in [-0.15, -0.1) is 0 Å². The zero-order valence-electron chi connectivity index (χ0n) is 4.89. The fourth-order valence-electron chi connectivity index (χ4n) is 0.189. The first-order valence-electron chi connectivity index (χ1n) is 2.13. The third kappa shape index (κ3) is 9.91. The van der Waals surface area contributed by atoms with Crippen LogP contribution in [0, 0.1) is 0 Å². The third-order valence-corrected chi connectivity index (χ3v) is 0.881. The van der Waals surface area contributed by atoms with Crippen LogP contribution in [0.25, 0.3) is 0 Å². The summed E-state index contributed by atoms with van der Waals surface area (Å²) in [6.45, 7) is 2.26. The first kappa shape index (κ1) is 11.6. The van der Waals surface area contributed by atoms with Crippen LogP contribution >= 0.6 is 8.25 Å². The Kier molecular flexibility index (Phi) is 11.2. The van der Waals surface area contributed by atoms with Gasteiger partial charge in [-0.1, -0.05) is 6.92 Å². The van der Waals surface area contributed by atoms with Crippen LogP contribution in [-0.2, 0) is 28.6 Å². The molecule has 1 unspecified atom stereocenters. The Morgan fingerprint density at radius 2 is 2.25 bits per heavy atom. The Labute approximate surface area is 62.1 Å². The van der Waals surface area contributed by atoms with Crippen LogP contribution in [0.5, 0.6) is 0 Å². The maximum Gasteiger partial charge on any atom is 0.316 e. The van der Waals surface area contributed by atoms with Crippen molar-refractivity contribution in [2.24, 2.45) is 0 Å². The van der Waals surface area contributed by atoms with E-state index >= 15 is 0 Å². The molecule has 0 saturated carbocycles. The molecule has 0 bridgehead atoms. The van der Waals surface area contributed by atoms with E-state index in [0.717, 1.165) is 6.42 Å². The molecule has 0 aliphatic carbocycles. The fraction of sp³-hybridized carbons (Fsp3) is 1.00. The van der Waals surface area contributed by atoms with Crippen LogP contribution in [-0.4, -0.2) is 11.5 Å². The average Bonchev–Trinajstić information content (AvgIpc) is 1.61. The van der Waals surface area contributed by atoms with E-state index in [-0.39, 0.29) is 19.5 Å². The van der Waals surface area contributed by atoms with E-state index in [0.29, 0.717) is 6.61 Å². The second-order valence-electron chi connectivity index (χ2n) is 1.11. The van der Waals surface area contributed by atoms with Gasteiger partial charge in [0.05, 0.1) is 6.61 Å². The topological polar surface area (TPSA) is 46.5 Å². The number of rotatable bonds is 3. The summed E-state index contributed by atoms with van der Waals surface area (Å²) in [4.78, 5) is 8.01. The van der Waals surface area contributed by atoms with Gasteiger partial charge in [-0.3, -0.25) is 4.57 Å². The summed E-state index contributed by atoms with van der Waals surface area (Å²) in [5.74, 6) is 0. The van der Waals surface area contributed by atoms with Gasteiger partial charge in [-0.2, -0.15) is 0 Å². The van der Waals surface area contributed by atoms with Gasteiger partial charge in [0, 0.05) is 19.5 Å². The molecule has 0 aliphatic rings. The van der Waals surface area contributed by atoms with Crippen LogP contribution in [0.4, 0.5) is 0 Å². The molecule has 1 atom stereocenters. The van der Waals surface area contributed by atoms with Gasteiger partial charge >= 0.3 is 8.25 Å². The Balaban J connectivity index is 0. The first-order chi connectivity index (χ1) is 3.27. The molecule has 1 N–H and O–H groups in total. The average molecular weight is 189 g/mol. The van der Waals surface area contributed by atoms with Crippen molar-refractivity contribution >= 4 is 8.25 Å². The minimum atomic E-state index is -2.65. The molecule has 8 heavy (non-hydrogen) atoms. The van der Waals surface area contributed by atoms with Crippen LogP contribution in [0.15, 0.2) is 0 Å². The van der Waals surface area contributed by atoms with Crippen molar-refractivity contribution in [3.05, 3.63) is 0 Å². The molecule has 0 amide bonds. The fourth-order valence-corrected chi connectivity index (χ4v) is 0.568. The molecule has 0 aromatic rings. The van der Waals surface area contributed by atoms with Crippen molar-refractivity contribution in [1.29, 1.82) is 0 Å². The van der Waals surface area contributed by atoms with Crippen molar-refractivity contribution in [2.75, 3.05) is 6.61 Å². The van der Waals surface area contributed by atoms with Crippen molar-refractivity contribution in [3.8, 4) is 0 Å². The van der Waals surface area contributed by atoms with E-state index in [4.69, 9.17) is 4.89 Å². The largest absolute Gasteiger partial charge is 0.326 e. The van der Waals surface area contributed by atoms with E-state index in [9.17, 15) is 4.57 Å². The quantitative estimate of drug-likeness (QED) is 0.527. The summed E-state index contributed by atoms with van der Waals surface area (Å²) in [7, 11) is -2.65. The number of hydrogen-bond donors (Lipinski definition) is 1. The molecule has 5 heteroatoms. The Morgan fingerprint density at radius 1 is 1.75 bits per heavy atom. The smallest absolute Gasteiger partial charge is 0.316 e. The predicted octanol–water partition coefficient (Wildman–Crippen LogP) is 0.792. The molecule has 0 radical (unpaired) electrons. The van der Waals surface area contributed by atoms with E-state index in [1.807, 2.05) is 6.92 Å². The van der Waals surface area contributed by atoms with E-state index in [1.54, 1.807) is 0 Å². The van der Waals surface area contributed by atoms with Gasteiger partial charge in [0.15, 0.2) is 0 Å². The molecule has 0 aliphatic heterocycles. The van der Waals surface area contributed by atoms with Gasteiger partial charge in [-0.25, -0.2) is 0 Å². The molecule has 0 aromatic carbocycles. The Hall–Kier alpha value is 0.773. The maximum absolute atomic E-state index is 9.72. The molecule has 0 spiro atoms. The van der Waals surface area contributed by atoms with E-state index in [1.165, 1.54) is 0 Å². The van der Waals surface area contributed by atoms with Crippen molar-refractivity contribution in [2.45, 2.75) is 13.3 Å². The van der Waals surface area contributed by atoms with Gasteiger partial charge in [0.25, 0.3) is 0 Å². The normalized spacial score (nSPS) is 12.2. The summed E-state index contributed by atoms with van der Waals surface area (Å²) >= 11 is 0. The van der Waals surface area contributed by atoms with E-state index < -0.39 is 8.25 Å².